The van der Waals surface area contributed by atoms with E-state index in [1.54, 1.807) is 0 Å². The van der Waals surface area contributed by atoms with Gasteiger partial charge in [-0.3, -0.25) is 0 Å². The molecule has 1 fully saturated rings. The molecule has 1 aliphatic rings. The van der Waals surface area contributed by atoms with Crippen LogP contribution < -0.4 is 9.47 Å². The summed E-state index contributed by atoms with van der Waals surface area (Å²) in [4.78, 5) is 36.7. The standard InChI is InChI=1S/C27H28O13/c1-37-19-10-15(11-20(38-2)24(19)33)5-8-23(32)40-25-18(30)12-27(36,26(34)35)13-21(25)39-22(31)7-4-14-3-6-16(28)17(29)9-14/h3-11,18,21,25,28-30,33,36H,12-13H2,1-2H3,(H,34,35)/b7-4+,8-5+/t18-,21-,25-,27-/m0/s1. The van der Waals surface area contributed by atoms with Gasteiger partial charge in [0, 0.05) is 25.0 Å². The molecule has 13 nitrogen and oxygen atoms in total. The number of methoxy groups -OCH3 is 2. The molecule has 0 heterocycles. The lowest BCUT2D eigenvalue weighted by atomic mass is 9.79. The average molecular weight is 561 g/mol. The van der Waals surface area contributed by atoms with E-state index in [4.69, 9.17) is 18.9 Å². The monoisotopic (exact) mass is 560 g/mol. The van der Waals surface area contributed by atoms with Crippen molar-refractivity contribution in [2.24, 2.45) is 0 Å². The Morgan fingerprint density at radius 3 is 1.98 bits per heavy atom. The first-order valence-corrected chi connectivity index (χ1v) is 11.7. The first kappa shape index (κ1) is 29.8. The number of carbonyl (C=O) groups is 3. The quantitative estimate of drug-likeness (QED) is 0.145. The van der Waals surface area contributed by atoms with Gasteiger partial charge in [0.25, 0.3) is 0 Å². The molecule has 0 amide bonds. The number of hydrogen-bond acceptors (Lipinski definition) is 12. The number of aromatic hydroxyl groups is 3. The van der Waals surface area contributed by atoms with Gasteiger partial charge in [-0.25, -0.2) is 14.4 Å². The van der Waals surface area contributed by atoms with Crippen LogP contribution in [0.2, 0.25) is 0 Å². The van der Waals surface area contributed by atoms with Crippen LogP contribution in [0.1, 0.15) is 24.0 Å². The number of carbonyl (C=O) groups excluding carboxylic acids is 2. The van der Waals surface area contributed by atoms with Crippen molar-refractivity contribution in [3.8, 4) is 28.7 Å². The fourth-order valence-electron chi connectivity index (χ4n) is 4.02. The zero-order chi connectivity index (χ0) is 29.6. The van der Waals surface area contributed by atoms with Gasteiger partial charge in [-0.2, -0.15) is 0 Å². The first-order chi connectivity index (χ1) is 18.9. The van der Waals surface area contributed by atoms with Crippen LogP contribution in [0, 0.1) is 0 Å². The second-order valence-electron chi connectivity index (χ2n) is 8.88. The third kappa shape index (κ3) is 7.01. The van der Waals surface area contributed by atoms with Crippen molar-refractivity contribution in [2.75, 3.05) is 14.2 Å². The fourth-order valence-corrected chi connectivity index (χ4v) is 4.02. The molecule has 0 aromatic heterocycles. The van der Waals surface area contributed by atoms with Crippen molar-refractivity contribution in [3.63, 3.8) is 0 Å². The Morgan fingerprint density at radius 1 is 0.850 bits per heavy atom. The van der Waals surface area contributed by atoms with Crippen LogP contribution >= 0.6 is 0 Å². The van der Waals surface area contributed by atoms with Crippen molar-refractivity contribution in [2.45, 2.75) is 36.8 Å². The third-order valence-electron chi connectivity index (χ3n) is 6.07. The van der Waals surface area contributed by atoms with Gasteiger partial charge in [0.1, 0.15) is 6.10 Å². The van der Waals surface area contributed by atoms with Gasteiger partial charge in [0.2, 0.25) is 5.75 Å². The summed E-state index contributed by atoms with van der Waals surface area (Å²) in [5.41, 5.74) is -1.77. The third-order valence-corrected chi connectivity index (χ3v) is 6.07. The summed E-state index contributed by atoms with van der Waals surface area (Å²) >= 11 is 0. The van der Waals surface area contributed by atoms with Gasteiger partial charge in [-0.15, -0.1) is 0 Å². The smallest absolute Gasteiger partial charge is 0.335 e. The minimum atomic E-state index is -2.46. The summed E-state index contributed by atoms with van der Waals surface area (Å²) in [5.74, 6) is -4.58. The minimum Gasteiger partial charge on any atom is -0.504 e. The maximum absolute atomic E-state index is 12.6. The van der Waals surface area contributed by atoms with Gasteiger partial charge < -0.3 is 49.6 Å². The Hall–Kier alpha value is -4.75. The molecule has 0 saturated heterocycles. The number of aliphatic hydroxyl groups excluding tert-OH is 1. The highest BCUT2D eigenvalue weighted by molar-refractivity contribution is 5.88. The number of aliphatic carboxylic acids is 1. The number of esters is 2. The van der Waals surface area contributed by atoms with E-state index in [1.165, 1.54) is 56.7 Å². The average Bonchev–Trinajstić information content (AvgIpc) is 2.90. The van der Waals surface area contributed by atoms with Gasteiger partial charge in [0.15, 0.2) is 34.7 Å². The second-order valence-corrected chi connectivity index (χ2v) is 8.88. The number of carboxylic acid groups (broad SMARTS) is 1. The van der Waals surface area contributed by atoms with Gasteiger partial charge in [-0.05, 0) is 47.5 Å². The number of phenolic OH excluding ortho intramolecular Hbond substituents is 3. The fraction of sp³-hybridized carbons (Fsp3) is 0.296. The van der Waals surface area contributed by atoms with E-state index in [-0.39, 0.29) is 23.0 Å². The van der Waals surface area contributed by atoms with Crippen molar-refractivity contribution < 1.29 is 64.0 Å². The molecule has 1 aliphatic carbocycles. The molecule has 6 N–H and O–H groups in total. The van der Waals surface area contributed by atoms with Crippen LogP contribution in [-0.2, 0) is 23.9 Å². The summed E-state index contributed by atoms with van der Waals surface area (Å²) in [6, 6.07) is 6.58. The van der Waals surface area contributed by atoms with Crippen LogP contribution in [-0.4, -0.2) is 86.7 Å². The Balaban J connectivity index is 1.78. The molecule has 4 atom stereocenters. The maximum atomic E-state index is 12.6. The van der Waals surface area contributed by atoms with Crippen molar-refractivity contribution in [1.29, 1.82) is 0 Å². The number of rotatable bonds is 9. The number of hydrogen-bond donors (Lipinski definition) is 6. The number of ether oxygens (including phenoxy) is 4. The molecular weight excluding hydrogens is 532 g/mol. The first-order valence-electron chi connectivity index (χ1n) is 11.7. The van der Waals surface area contributed by atoms with Crippen LogP contribution in [0.15, 0.2) is 42.5 Å². The molecule has 0 aliphatic heterocycles. The lowest BCUT2D eigenvalue weighted by molar-refractivity contribution is -0.204. The Kier molecular flexibility index (Phi) is 9.24. The van der Waals surface area contributed by atoms with E-state index in [0.29, 0.717) is 11.1 Å². The normalized spacial score (nSPS) is 22.6. The van der Waals surface area contributed by atoms with E-state index >= 15 is 0 Å². The zero-order valence-electron chi connectivity index (χ0n) is 21.4. The Morgan fingerprint density at radius 2 is 1.43 bits per heavy atom. The van der Waals surface area contributed by atoms with Gasteiger partial charge in [-0.1, -0.05) is 6.07 Å². The lowest BCUT2D eigenvalue weighted by Gasteiger charge is -2.40. The number of benzene rings is 2. The largest absolute Gasteiger partial charge is 0.504 e. The van der Waals surface area contributed by atoms with E-state index in [0.717, 1.165) is 12.2 Å². The Bertz CT molecular complexity index is 1310. The molecule has 0 bridgehead atoms. The van der Waals surface area contributed by atoms with Crippen molar-refractivity contribution in [3.05, 3.63) is 53.6 Å². The lowest BCUT2D eigenvalue weighted by Crippen LogP contribution is -2.58. The molecule has 1 saturated carbocycles. The summed E-state index contributed by atoms with van der Waals surface area (Å²) in [6.45, 7) is 0. The molecule has 3 rings (SSSR count). The highest BCUT2D eigenvalue weighted by Crippen LogP contribution is 2.37. The highest BCUT2D eigenvalue weighted by Gasteiger charge is 2.52. The summed E-state index contributed by atoms with van der Waals surface area (Å²) in [5, 5.41) is 59.5. The van der Waals surface area contributed by atoms with Crippen LogP contribution in [0.5, 0.6) is 28.7 Å². The molecule has 40 heavy (non-hydrogen) atoms. The minimum absolute atomic E-state index is 0.0746. The highest BCUT2D eigenvalue weighted by atomic mass is 16.6. The Labute approximate surface area is 227 Å². The molecule has 0 radical (unpaired) electrons. The van der Waals surface area contributed by atoms with Gasteiger partial charge >= 0.3 is 17.9 Å². The summed E-state index contributed by atoms with van der Waals surface area (Å²) in [7, 11) is 2.65. The molecule has 13 heteroatoms. The van der Waals surface area contributed by atoms with E-state index in [1.807, 2.05) is 0 Å². The topological polar surface area (TPSA) is 210 Å². The second kappa shape index (κ2) is 12.4. The SMILES string of the molecule is COc1cc(/C=C/C(=O)O[C@@H]2[C@@H](OC(=O)/C=C/c3ccc(O)c(O)c3)C[C@](O)(C(=O)O)C[C@@H]2O)cc(OC)c1O. The number of carboxylic acids is 1. The van der Waals surface area contributed by atoms with Gasteiger partial charge in [0.05, 0.1) is 20.3 Å². The van der Waals surface area contributed by atoms with Crippen molar-refractivity contribution >= 4 is 30.1 Å². The molecule has 0 unspecified atom stereocenters. The number of phenols is 3. The number of aliphatic hydroxyl groups is 2. The van der Waals surface area contributed by atoms with E-state index < -0.39 is 60.4 Å². The van der Waals surface area contributed by atoms with E-state index in [9.17, 15) is 45.0 Å². The summed E-state index contributed by atoms with van der Waals surface area (Å²) in [6.07, 6.45) is -1.75. The van der Waals surface area contributed by atoms with Crippen LogP contribution in [0.25, 0.3) is 12.2 Å². The molecule has 0 spiro atoms. The maximum Gasteiger partial charge on any atom is 0.335 e. The zero-order valence-corrected chi connectivity index (χ0v) is 21.4. The predicted octanol–water partition coefficient (Wildman–Crippen LogP) is 1.34. The van der Waals surface area contributed by atoms with Crippen molar-refractivity contribution in [1.82, 2.24) is 0 Å². The molecular formula is C27H28O13. The van der Waals surface area contributed by atoms with Crippen LogP contribution in [0.4, 0.5) is 0 Å². The van der Waals surface area contributed by atoms with E-state index in [2.05, 4.69) is 0 Å². The predicted molar refractivity (Wildman–Crippen MR) is 137 cm³/mol. The summed E-state index contributed by atoms with van der Waals surface area (Å²) < 4.78 is 20.7. The molecule has 214 valence electrons. The molecule has 2 aromatic carbocycles. The molecule has 2 aromatic rings. The van der Waals surface area contributed by atoms with Crippen LogP contribution in [0.3, 0.4) is 0 Å².